The maximum atomic E-state index is 11.8. The van der Waals surface area contributed by atoms with Gasteiger partial charge in [0.2, 0.25) is 0 Å². The number of carbonyl (C=O) groups excluding carboxylic acids is 1. The molecule has 7 nitrogen and oxygen atoms in total. The van der Waals surface area contributed by atoms with Crippen LogP contribution in [-0.4, -0.2) is 73.8 Å². The van der Waals surface area contributed by atoms with E-state index < -0.39 is 0 Å². The Bertz CT molecular complexity index is 658. The molecule has 1 aromatic rings. The second kappa shape index (κ2) is 11.0. The van der Waals surface area contributed by atoms with E-state index in [2.05, 4.69) is 45.5 Å². The van der Waals surface area contributed by atoms with Crippen LogP contribution in [0.5, 0.6) is 0 Å². The van der Waals surface area contributed by atoms with Gasteiger partial charge in [-0.05, 0) is 50.6 Å². The molecule has 160 valence electrons. The van der Waals surface area contributed by atoms with Crippen molar-refractivity contribution in [3.63, 3.8) is 0 Å². The number of hydrogen-bond donors (Lipinski definition) is 2. The van der Waals surface area contributed by atoms with Gasteiger partial charge in [0.05, 0.1) is 6.61 Å². The van der Waals surface area contributed by atoms with Crippen molar-refractivity contribution in [1.82, 2.24) is 15.1 Å². The fourth-order valence-corrected chi connectivity index (χ4v) is 4.10. The lowest BCUT2D eigenvalue weighted by Crippen LogP contribution is -2.48. The van der Waals surface area contributed by atoms with Gasteiger partial charge in [-0.3, -0.25) is 4.99 Å². The number of amides is 1. The third kappa shape index (κ3) is 6.92. The van der Waals surface area contributed by atoms with Gasteiger partial charge in [0.25, 0.3) is 0 Å². The summed E-state index contributed by atoms with van der Waals surface area (Å²) in [5.41, 5.74) is 7.51. The second-order valence-corrected chi connectivity index (χ2v) is 8.02. The first-order valence-electron chi connectivity index (χ1n) is 10.9. The van der Waals surface area contributed by atoms with Gasteiger partial charge in [-0.2, -0.15) is 0 Å². The molecule has 7 heteroatoms. The number of likely N-dealkylation sites (tertiary alicyclic amines) is 2. The van der Waals surface area contributed by atoms with Crippen LogP contribution in [0.25, 0.3) is 0 Å². The fraction of sp³-hybridized carbons (Fsp3) is 0.636. The van der Waals surface area contributed by atoms with Crippen molar-refractivity contribution in [3.05, 3.63) is 35.9 Å². The summed E-state index contributed by atoms with van der Waals surface area (Å²) in [5, 5.41) is 3.33. The van der Waals surface area contributed by atoms with E-state index in [-0.39, 0.29) is 12.1 Å². The highest BCUT2D eigenvalue weighted by atomic mass is 16.6. The number of benzene rings is 1. The first-order chi connectivity index (χ1) is 14.1. The highest BCUT2D eigenvalue weighted by Crippen LogP contribution is 2.17. The molecule has 0 bridgehead atoms. The van der Waals surface area contributed by atoms with Crippen LogP contribution < -0.4 is 11.1 Å². The molecule has 3 N–H and O–H groups in total. The Hall–Kier alpha value is -2.28. The largest absolute Gasteiger partial charge is 0.450 e. The molecule has 0 spiro atoms. The van der Waals surface area contributed by atoms with Crippen LogP contribution in [0.1, 0.15) is 31.7 Å². The molecule has 1 aromatic carbocycles. The predicted molar refractivity (Wildman–Crippen MR) is 116 cm³/mol. The van der Waals surface area contributed by atoms with E-state index in [1.165, 1.54) is 12.0 Å². The van der Waals surface area contributed by atoms with Crippen molar-refractivity contribution < 1.29 is 9.53 Å². The first-order valence-corrected chi connectivity index (χ1v) is 10.9. The van der Waals surface area contributed by atoms with Gasteiger partial charge in [0.15, 0.2) is 5.96 Å². The highest BCUT2D eigenvalue weighted by Gasteiger charge is 2.24. The van der Waals surface area contributed by atoms with Gasteiger partial charge < -0.3 is 25.6 Å². The van der Waals surface area contributed by atoms with Crippen molar-refractivity contribution in [2.75, 3.05) is 45.9 Å². The molecular weight excluding hydrogens is 366 g/mol. The maximum absolute atomic E-state index is 11.8. The van der Waals surface area contributed by atoms with E-state index in [1.54, 1.807) is 4.90 Å². The Morgan fingerprint density at radius 2 is 1.97 bits per heavy atom. The number of nitrogens with one attached hydrogen (secondary N) is 1. The average molecular weight is 402 g/mol. The zero-order valence-corrected chi connectivity index (χ0v) is 17.6. The van der Waals surface area contributed by atoms with Crippen LogP contribution in [0.4, 0.5) is 4.79 Å². The van der Waals surface area contributed by atoms with Crippen LogP contribution in [-0.2, 0) is 11.2 Å². The average Bonchev–Trinajstić information content (AvgIpc) is 3.20. The van der Waals surface area contributed by atoms with Crippen LogP contribution in [0.15, 0.2) is 35.3 Å². The van der Waals surface area contributed by atoms with Crippen LogP contribution in [0.3, 0.4) is 0 Å². The minimum Gasteiger partial charge on any atom is -0.450 e. The molecular formula is C22H35N5O2. The molecule has 0 radical (unpaired) electrons. The van der Waals surface area contributed by atoms with E-state index in [1.807, 2.05) is 6.92 Å². The predicted octanol–water partition coefficient (Wildman–Crippen LogP) is 2.08. The summed E-state index contributed by atoms with van der Waals surface area (Å²) < 4.78 is 5.06. The molecule has 2 saturated heterocycles. The normalized spacial score (nSPS) is 21.3. The number of piperidine rings is 1. The van der Waals surface area contributed by atoms with Crippen molar-refractivity contribution in [2.45, 2.75) is 38.6 Å². The Morgan fingerprint density at radius 1 is 1.21 bits per heavy atom. The molecule has 1 unspecified atom stereocenters. The SMILES string of the molecule is CCOC(=O)N1CCC(NC(N)=NCC2CCN(CCc3ccccc3)C2)CC1. The molecule has 2 fully saturated rings. The molecule has 0 aliphatic carbocycles. The van der Waals surface area contributed by atoms with E-state index in [0.29, 0.717) is 31.6 Å². The van der Waals surface area contributed by atoms with Crippen molar-refractivity contribution in [3.8, 4) is 0 Å². The van der Waals surface area contributed by atoms with Crippen LogP contribution in [0.2, 0.25) is 0 Å². The summed E-state index contributed by atoms with van der Waals surface area (Å²) in [7, 11) is 0. The smallest absolute Gasteiger partial charge is 0.409 e. The molecule has 1 amide bonds. The first kappa shape index (κ1) is 21.4. The Morgan fingerprint density at radius 3 is 2.69 bits per heavy atom. The number of hydrogen-bond acceptors (Lipinski definition) is 4. The van der Waals surface area contributed by atoms with Crippen molar-refractivity contribution in [2.24, 2.45) is 16.6 Å². The van der Waals surface area contributed by atoms with Gasteiger partial charge >= 0.3 is 6.09 Å². The molecule has 29 heavy (non-hydrogen) atoms. The summed E-state index contributed by atoms with van der Waals surface area (Å²) in [6, 6.07) is 10.9. The molecule has 1 atom stereocenters. The zero-order chi connectivity index (χ0) is 20.5. The maximum Gasteiger partial charge on any atom is 0.409 e. The van der Waals surface area contributed by atoms with E-state index in [0.717, 1.165) is 45.4 Å². The van der Waals surface area contributed by atoms with Crippen molar-refractivity contribution in [1.29, 1.82) is 0 Å². The van der Waals surface area contributed by atoms with Crippen molar-refractivity contribution >= 4 is 12.1 Å². The highest BCUT2D eigenvalue weighted by molar-refractivity contribution is 5.78. The lowest BCUT2D eigenvalue weighted by atomic mass is 10.1. The zero-order valence-electron chi connectivity index (χ0n) is 17.6. The summed E-state index contributed by atoms with van der Waals surface area (Å²) >= 11 is 0. The third-order valence-corrected chi connectivity index (χ3v) is 5.82. The molecule has 2 aliphatic heterocycles. The summed E-state index contributed by atoms with van der Waals surface area (Å²) in [4.78, 5) is 20.6. The number of aliphatic imine (C=N–C) groups is 1. The second-order valence-electron chi connectivity index (χ2n) is 8.02. The van der Waals surface area contributed by atoms with Gasteiger partial charge in [-0.15, -0.1) is 0 Å². The van der Waals surface area contributed by atoms with E-state index in [9.17, 15) is 4.79 Å². The Balaban J connectivity index is 1.32. The van der Waals surface area contributed by atoms with Gasteiger partial charge in [0, 0.05) is 38.8 Å². The quantitative estimate of drug-likeness (QED) is 0.540. The lowest BCUT2D eigenvalue weighted by Gasteiger charge is -2.31. The van der Waals surface area contributed by atoms with E-state index >= 15 is 0 Å². The number of ether oxygens (including phenoxy) is 1. The number of carbonyl (C=O) groups is 1. The number of nitrogens with zero attached hydrogens (tertiary/aromatic N) is 3. The topological polar surface area (TPSA) is 83.2 Å². The molecule has 0 aromatic heterocycles. The molecule has 0 saturated carbocycles. The van der Waals surface area contributed by atoms with Gasteiger partial charge in [-0.1, -0.05) is 30.3 Å². The summed E-state index contributed by atoms with van der Waals surface area (Å²) in [5.74, 6) is 1.11. The van der Waals surface area contributed by atoms with Gasteiger partial charge in [0.1, 0.15) is 0 Å². The minimum atomic E-state index is -0.217. The summed E-state index contributed by atoms with van der Waals surface area (Å²) in [6.45, 7) is 7.77. The van der Waals surface area contributed by atoms with Crippen LogP contribution >= 0.6 is 0 Å². The van der Waals surface area contributed by atoms with E-state index in [4.69, 9.17) is 10.5 Å². The molecule has 3 rings (SSSR count). The Kier molecular flexibility index (Phi) is 8.16. The number of guanidine groups is 1. The monoisotopic (exact) mass is 401 g/mol. The third-order valence-electron chi connectivity index (χ3n) is 5.82. The van der Waals surface area contributed by atoms with Crippen LogP contribution in [0, 0.1) is 5.92 Å². The standard InChI is InChI=1S/C22H35N5O2/c1-2-29-22(28)27-14-10-20(11-15-27)25-21(23)24-16-19-9-13-26(17-19)12-8-18-6-4-3-5-7-18/h3-7,19-20H,2,8-17H2,1H3,(H3,23,24,25). The number of nitrogens with two attached hydrogens (primary N) is 1. The molecule has 2 aliphatic rings. The molecule has 2 heterocycles. The number of rotatable bonds is 7. The minimum absolute atomic E-state index is 0.217. The lowest BCUT2D eigenvalue weighted by molar-refractivity contribution is 0.0963. The fourth-order valence-electron chi connectivity index (χ4n) is 4.10. The summed E-state index contributed by atoms with van der Waals surface area (Å²) in [6.07, 6.45) is 3.80. The Labute approximate surface area is 174 Å². The van der Waals surface area contributed by atoms with Gasteiger partial charge in [-0.25, -0.2) is 4.79 Å².